The molecule has 1 atom stereocenters. The molecule has 2 aromatic rings. The van der Waals surface area contributed by atoms with Gasteiger partial charge in [-0.25, -0.2) is 13.1 Å². The number of anilines is 1. The number of rotatable bonds is 8. The van der Waals surface area contributed by atoms with Crippen molar-refractivity contribution in [1.82, 2.24) is 10.0 Å². The molecule has 0 saturated heterocycles. The Balaban J connectivity index is 1.56. The quantitative estimate of drug-likeness (QED) is 0.729. The first-order valence-electron chi connectivity index (χ1n) is 9.05. The molecule has 1 saturated carbocycles. The zero-order valence-corrected chi connectivity index (χ0v) is 16.4. The van der Waals surface area contributed by atoms with E-state index in [1.54, 1.807) is 12.1 Å². The van der Waals surface area contributed by atoms with E-state index in [0.29, 0.717) is 12.1 Å². The van der Waals surface area contributed by atoms with Gasteiger partial charge in [-0.2, -0.15) is 0 Å². The molecule has 144 valence electrons. The van der Waals surface area contributed by atoms with Crippen LogP contribution in [0.5, 0.6) is 0 Å². The number of nitrogens with one attached hydrogen (secondary N) is 2. The first kappa shape index (κ1) is 19.4. The number of para-hydroxylation sites is 1. The van der Waals surface area contributed by atoms with Gasteiger partial charge in [0.1, 0.15) is 0 Å². The Labute approximate surface area is 160 Å². The molecule has 1 fully saturated rings. The van der Waals surface area contributed by atoms with Crippen LogP contribution in [-0.2, 0) is 10.0 Å². The minimum atomic E-state index is -3.50. The van der Waals surface area contributed by atoms with Crippen molar-refractivity contribution in [3.63, 3.8) is 0 Å². The van der Waals surface area contributed by atoms with Gasteiger partial charge in [0.15, 0.2) is 0 Å². The molecule has 1 aliphatic rings. The zero-order valence-electron chi connectivity index (χ0n) is 15.6. The SMILES string of the molecule is CC(CNC(=O)c1ccc(S(=O)(=O)NC2CC2)cc1)N(C)c1ccccc1. The topological polar surface area (TPSA) is 78.5 Å². The van der Waals surface area contributed by atoms with Gasteiger partial charge in [-0.05, 0) is 56.2 Å². The van der Waals surface area contributed by atoms with Crippen LogP contribution >= 0.6 is 0 Å². The van der Waals surface area contributed by atoms with E-state index in [9.17, 15) is 13.2 Å². The third kappa shape index (κ3) is 5.08. The van der Waals surface area contributed by atoms with Crippen molar-refractivity contribution in [2.45, 2.75) is 36.7 Å². The Hall–Kier alpha value is -2.38. The van der Waals surface area contributed by atoms with Crippen molar-refractivity contribution in [3.8, 4) is 0 Å². The van der Waals surface area contributed by atoms with Crippen molar-refractivity contribution < 1.29 is 13.2 Å². The Morgan fingerprint density at radius 3 is 2.33 bits per heavy atom. The number of carbonyl (C=O) groups is 1. The standard InChI is InChI=1S/C20H25N3O3S/c1-15(23(2)18-6-4-3-5-7-18)14-21-20(24)16-8-12-19(13-9-16)27(25,26)22-17-10-11-17/h3-9,12-13,15,17,22H,10-11,14H2,1-2H3,(H,21,24). The largest absolute Gasteiger partial charge is 0.370 e. The number of sulfonamides is 1. The lowest BCUT2D eigenvalue weighted by molar-refractivity contribution is 0.0951. The molecule has 6 nitrogen and oxygen atoms in total. The van der Waals surface area contributed by atoms with Crippen LogP contribution < -0.4 is 14.9 Å². The van der Waals surface area contributed by atoms with Crippen molar-refractivity contribution in [2.75, 3.05) is 18.5 Å². The molecule has 7 heteroatoms. The van der Waals surface area contributed by atoms with Gasteiger partial charge in [0.2, 0.25) is 10.0 Å². The van der Waals surface area contributed by atoms with Gasteiger partial charge < -0.3 is 10.2 Å². The van der Waals surface area contributed by atoms with Crippen LogP contribution in [0.4, 0.5) is 5.69 Å². The smallest absolute Gasteiger partial charge is 0.251 e. The van der Waals surface area contributed by atoms with Crippen LogP contribution in [0.1, 0.15) is 30.1 Å². The fourth-order valence-electron chi connectivity index (χ4n) is 2.67. The van der Waals surface area contributed by atoms with Gasteiger partial charge in [-0.3, -0.25) is 4.79 Å². The molecule has 2 aromatic carbocycles. The predicted molar refractivity (Wildman–Crippen MR) is 106 cm³/mol. The lowest BCUT2D eigenvalue weighted by Gasteiger charge is -2.27. The summed E-state index contributed by atoms with van der Waals surface area (Å²) in [6.07, 6.45) is 1.77. The highest BCUT2D eigenvalue weighted by molar-refractivity contribution is 7.89. The second-order valence-corrected chi connectivity index (χ2v) is 8.64. The Morgan fingerprint density at radius 1 is 1.11 bits per heavy atom. The maximum atomic E-state index is 12.4. The Morgan fingerprint density at radius 2 is 1.74 bits per heavy atom. The molecule has 1 unspecified atom stereocenters. The summed E-state index contributed by atoms with van der Waals surface area (Å²) in [6, 6.07) is 16.2. The molecule has 1 aliphatic carbocycles. The Kier molecular flexibility index (Phi) is 5.82. The van der Waals surface area contributed by atoms with Gasteiger partial charge in [0.05, 0.1) is 4.90 Å². The lowest BCUT2D eigenvalue weighted by atomic mass is 10.2. The minimum Gasteiger partial charge on any atom is -0.370 e. The lowest BCUT2D eigenvalue weighted by Crippen LogP contribution is -2.40. The number of benzene rings is 2. The van der Waals surface area contributed by atoms with E-state index in [0.717, 1.165) is 18.5 Å². The van der Waals surface area contributed by atoms with E-state index >= 15 is 0 Å². The number of likely N-dealkylation sites (N-methyl/N-ethyl adjacent to an activating group) is 1. The maximum Gasteiger partial charge on any atom is 0.251 e. The van der Waals surface area contributed by atoms with Crippen LogP contribution in [0.2, 0.25) is 0 Å². The second-order valence-electron chi connectivity index (χ2n) is 6.93. The van der Waals surface area contributed by atoms with E-state index in [1.165, 1.54) is 12.1 Å². The van der Waals surface area contributed by atoms with E-state index in [2.05, 4.69) is 14.9 Å². The van der Waals surface area contributed by atoms with Gasteiger partial charge in [0.25, 0.3) is 5.91 Å². The molecule has 0 heterocycles. The summed E-state index contributed by atoms with van der Waals surface area (Å²) < 4.78 is 27.0. The normalized spacial score (nSPS) is 15.2. The maximum absolute atomic E-state index is 12.4. The highest BCUT2D eigenvalue weighted by Crippen LogP contribution is 2.22. The second kappa shape index (κ2) is 8.10. The number of nitrogens with zero attached hydrogens (tertiary/aromatic N) is 1. The van der Waals surface area contributed by atoms with E-state index < -0.39 is 10.0 Å². The van der Waals surface area contributed by atoms with Gasteiger partial charge >= 0.3 is 0 Å². The first-order valence-corrected chi connectivity index (χ1v) is 10.5. The third-order valence-corrected chi connectivity index (χ3v) is 6.25. The molecule has 0 spiro atoms. The Bertz CT molecular complexity index is 878. The highest BCUT2D eigenvalue weighted by atomic mass is 32.2. The molecular formula is C20H25N3O3S. The average Bonchev–Trinajstić information content (AvgIpc) is 3.49. The molecule has 27 heavy (non-hydrogen) atoms. The van der Waals surface area contributed by atoms with Gasteiger partial charge in [0, 0.05) is 36.9 Å². The monoisotopic (exact) mass is 387 g/mol. The summed E-state index contributed by atoms with van der Waals surface area (Å²) in [5.41, 5.74) is 1.52. The number of hydrogen-bond acceptors (Lipinski definition) is 4. The van der Waals surface area contributed by atoms with E-state index in [4.69, 9.17) is 0 Å². The van der Waals surface area contributed by atoms with Gasteiger partial charge in [-0.15, -0.1) is 0 Å². The molecule has 0 aromatic heterocycles. The van der Waals surface area contributed by atoms with Crippen LogP contribution in [0.3, 0.4) is 0 Å². The van der Waals surface area contributed by atoms with Crippen LogP contribution in [0, 0.1) is 0 Å². The first-order chi connectivity index (χ1) is 12.9. The van der Waals surface area contributed by atoms with Crippen LogP contribution in [0.15, 0.2) is 59.5 Å². The summed E-state index contributed by atoms with van der Waals surface area (Å²) in [5, 5.41) is 2.90. The molecule has 0 aliphatic heterocycles. The molecule has 0 bridgehead atoms. The van der Waals surface area contributed by atoms with E-state index in [-0.39, 0.29) is 22.9 Å². The predicted octanol–water partition coefficient (Wildman–Crippen LogP) is 2.38. The summed E-state index contributed by atoms with van der Waals surface area (Å²) in [6.45, 7) is 2.51. The fourth-order valence-corrected chi connectivity index (χ4v) is 3.98. The molecule has 2 N–H and O–H groups in total. The van der Waals surface area contributed by atoms with Crippen LogP contribution in [0.25, 0.3) is 0 Å². The molecule has 3 rings (SSSR count). The molecular weight excluding hydrogens is 362 g/mol. The summed E-state index contributed by atoms with van der Waals surface area (Å²) in [4.78, 5) is 14.6. The number of hydrogen-bond donors (Lipinski definition) is 2. The third-order valence-electron chi connectivity index (χ3n) is 4.71. The minimum absolute atomic E-state index is 0.0565. The highest BCUT2D eigenvalue weighted by Gasteiger charge is 2.28. The average molecular weight is 388 g/mol. The molecule has 0 radical (unpaired) electrons. The summed E-state index contributed by atoms with van der Waals surface area (Å²) >= 11 is 0. The van der Waals surface area contributed by atoms with Crippen molar-refractivity contribution >= 4 is 21.6 Å². The summed E-state index contributed by atoms with van der Waals surface area (Å²) in [7, 11) is -1.51. The van der Waals surface area contributed by atoms with Crippen molar-refractivity contribution in [1.29, 1.82) is 0 Å². The number of amides is 1. The zero-order chi connectivity index (χ0) is 19.4. The van der Waals surface area contributed by atoms with E-state index in [1.807, 2.05) is 44.3 Å². The van der Waals surface area contributed by atoms with Crippen LogP contribution in [-0.4, -0.2) is 40.0 Å². The number of carbonyl (C=O) groups excluding carboxylic acids is 1. The summed E-state index contributed by atoms with van der Waals surface area (Å²) in [5.74, 6) is -0.220. The van der Waals surface area contributed by atoms with Crippen molar-refractivity contribution in [2.24, 2.45) is 0 Å². The van der Waals surface area contributed by atoms with Crippen molar-refractivity contribution in [3.05, 3.63) is 60.2 Å². The molecule has 1 amide bonds. The van der Waals surface area contributed by atoms with Gasteiger partial charge in [-0.1, -0.05) is 18.2 Å². The fraction of sp³-hybridized carbons (Fsp3) is 0.350.